The number of hydrogen-bond donors (Lipinski definition) is 0. The number of hydrogen-bond acceptors (Lipinski definition) is 5. The SMILES string of the molecule is CN(C)c1nc(C2CCCCC2)nc(N(C)C)n1. The highest BCUT2D eigenvalue weighted by molar-refractivity contribution is 5.37. The third-order valence-electron chi connectivity index (χ3n) is 3.40. The van der Waals surface area contributed by atoms with Crippen LogP contribution in [0.25, 0.3) is 0 Å². The molecule has 1 aromatic rings. The summed E-state index contributed by atoms with van der Waals surface area (Å²) in [5, 5.41) is 0. The molecule has 2 rings (SSSR count). The molecule has 0 aliphatic heterocycles. The minimum absolute atomic E-state index is 0.513. The largest absolute Gasteiger partial charge is 0.347 e. The molecule has 0 atom stereocenters. The first-order valence-electron chi connectivity index (χ1n) is 6.68. The maximum absolute atomic E-state index is 4.62. The van der Waals surface area contributed by atoms with Crippen LogP contribution in [0, 0.1) is 0 Å². The summed E-state index contributed by atoms with van der Waals surface area (Å²) >= 11 is 0. The van der Waals surface area contributed by atoms with Crippen LogP contribution in [0.5, 0.6) is 0 Å². The van der Waals surface area contributed by atoms with Crippen molar-refractivity contribution in [2.24, 2.45) is 0 Å². The molecular formula is C13H23N5. The fourth-order valence-electron chi connectivity index (χ4n) is 2.31. The van der Waals surface area contributed by atoms with Gasteiger partial charge in [-0.05, 0) is 12.8 Å². The first kappa shape index (κ1) is 13.1. The van der Waals surface area contributed by atoms with Crippen LogP contribution in [-0.2, 0) is 0 Å². The van der Waals surface area contributed by atoms with Gasteiger partial charge in [-0.25, -0.2) is 0 Å². The highest BCUT2D eigenvalue weighted by atomic mass is 15.3. The minimum Gasteiger partial charge on any atom is -0.347 e. The van der Waals surface area contributed by atoms with Crippen molar-refractivity contribution in [3.05, 3.63) is 5.82 Å². The molecule has 1 aliphatic rings. The van der Waals surface area contributed by atoms with Crippen molar-refractivity contribution < 1.29 is 0 Å². The molecule has 0 radical (unpaired) electrons. The lowest BCUT2D eigenvalue weighted by atomic mass is 9.89. The molecule has 100 valence electrons. The van der Waals surface area contributed by atoms with E-state index in [1.165, 1.54) is 32.1 Å². The van der Waals surface area contributed by atoms with Crippen molar-refractivity contribution in [2.75, 3.05) is 38.0 Å². The van der Waals surface area contributed by atoms with Crippen LogP contribution in [0.15, 0.2) is 0 Å². The maximum atomic E-state index is 4.62. The number of aromatic nitrogens is 3. The minimum atomic E-state index is 0.513. The van der Waals surface area contributed by atoms with Crippen LogP contribution in [0.4, 0.5) is 11.9 Å². The van der Waals surface area contributed by atoms with Gasteiger partial charge in [-0.3, -0.25) is 0 Å². The van der Waals surface area contributed by atoms with E-state index in [1.54, 1.807) is 0 Å². The molecule has 5 nitrogen and oxygen atoms in total. The van der Waals surface area contributed by atoms with Crippen LogP contribution in [-0.4, -0.2) is 43.1 Å². The van der Waals surface area contributed by atoms with Gasteiger partial charge in [-0.15, -0.1) is 0 Å². The Morgan fingerprint density at radius 1 is 0.778 bits per heavy atom. The summed E-state index contributed by atoms with van der Waals surface area (Å²) in [5.74, 6) is 3.00. The molecule has 0 spiro atoms. The Hall–Kier alpha value is -1.39. The summed E-state index contributed by atoms with van der Waals surface area (Å²) in [5.41, 5.74) is 0. The van der Waals surface area contributed by atoms with E-state index in [1.807, 2.05) is 38.0 Å². The Bertz CT molecular complexity index is 370. The van der Waals surface area contributed by atoms with E-state index < -0.39 is 0 Å². The second kappa shape index (κ2) is 5.50. The highest BCUT2D eigenvalue weighted by Crippen LogP contribution is 2.31. The van der Waals surface area contributed by atoms with E-state index in [4.69, 9.17) is 0 Å². The molecule has 1 aromatic heterocycles. The summed E-state index contributed by atoms with van der Waals surface area (Å²) in [4.78, 5) is 17.6. The van der Waals surface area contributed by atoms with Gasteiger partial charge in [-0.2, -0.15) is 15.0 Å². The second-order valence-corrected chi connectivity index (χ2v) is 5.42. The Kier molecular flexibility index (Phi) is 3.99. The topological polar surface area (TPSA) is 45.2 Å². The van der Waals surface area contributed by atoms with Crippen LogP contribution >= 0.6 is 0 Å². The molecule has 0 unspecified atom stereocenters. The Morgan fingerprint density at radius 2 is 1.28 bits per heavy atom. The molecule has 1 aliphatic carbocycles. The molecule has 1 saturated carbocycles. The fourth-order valence-corrected chi connectivity index (χ4v) is 2.31. The van der Waals surface area contributed by atoms with Crippen molar-refractivity contribution >= 4 is 11.9 Å². The Morgan fingerprint density at radius 3 is 1.72 bits per heavy atom. The molecule has 1 heterocycles. The molecule has 1 fully saturated rings. The van der Waals surface area contributed by atoms with Crippen molar-refractivity contribution in [3.8, 4) is 0 Å². The molecule has 0 saturated heterocycles. The van der Waals surface area contributed by atoms with Crippen LogP contribution < -0.4 is 9.80 Å². The molecule has 0 bridgehead atoms. The van der Waals surface area contributed by atoms with Gasteiger partial charge in [0.1, 0.15) is 5.82 Å². The number of nitrogens with zero attached hydrogens (tertiary/aromatic N) is 5. The monoisotopic (exact) mass is 249 g/mol. The third kappa shape index (κ3) is 2.89. The first-order chi connectivity index (χ1) is 8.58. The van der Waals surface area contributed by atoms with E-state index in [-0.39, 0.29) is 0 Å². The average Bonchev–Trinajstić information content (AvgIpc) is 2.39. The summed E-state index contributed by atoms with van der Waals surface area (Å²) in [6.07, 6.45) is 6.37. The van der Waals surface area contributed by atoms with Gasteiger partial charge < -0.3 is 9.80 Å². The summed E-state index contributed by atoms with van der Waals surface area (Å²) < 4.78 is 0. The summed E-state index contributed by atoms with van der Waals surface area (Å²) in [7, 11) is 7.89. The van der Waals surface area contributed by atoms with Gasteiger partial charge >= 0.3 is 0 Å². The molecular weight excluding hydrogens is 226 g/mol. The van der Waals surface area contributed by atoms with Gasteiger partial charge in [-0.1, -0.05) is 19.3 Å². The normalized spacial score (nSPS) is 16.7. The molecule has 5 heteroatoms. The quantitative estimate of drug-likeness (QED) is 0.820. The summed E-state index contributed by atoms with van der Waals surface area (Å²) in [6, 6.07) is 0. The van der Waals surface area contributed by atoms with Gasteiger partial charge in [0, 0.05) is 34.1 Å². The standard InChI is InChI=1S/C13H23N5/c1-17(2)12-14-11(10-8-6-5-7-9-10)15-13(16-12)18(3)4/h10H,5-9H2,1-4H3. The second-order valence-electron chi connectivity index (χ2n) is 5.42. The van der Waals surface area contributed by atoms with E-state index in [9.17, 15) is 0 Å². The van der Waals surface area contributed by atoms with Gasteiger partial charge in [0.15, 0.2) is 0 Å². The van der Waals surface area contributed by atoms with Crippen molar-refractivity contribution in [2.45, 2.75) is 38.0 Å². The lowest BCUT2D eigenvalue weighted by Crippen LogP contribution is -2.21. The van der Waals surface area contributed by atoms with Crippen molar-refractivity contribution in [1.82, 2.24) is 15.0 Å². The predicted octanol–water partition coefficient (Wildman–Crippen LogP) is 2.05. The van der Waals surface area contributed by atoms with Gasteiger partial charge in [0.25, 0.3) is 0 Å². The van der Waals surface area contributed by atoms with Gasteiger partial charge in [0.2, 0.25) is 11.9 Å². The lowest BCUT2D eigenvalue weighted by Gasteiger charge is -2.23. The molecule has 0 N–H and O–H groups in total. The zero-order valence-corrected chi connectivity index (χ0v) is 11.8. The van der Waals surface area contributed by atoms with Gasteiger partial charge in [0.05, 0.1) is 0 Å². The summed E-state index contributed by atoms with van der Waals surface area (Å²) in [6.45, 7) is 0. The van der Waals surface area contributed by atoms with E-state index in [0.717, 1.165) is 17.7 Å². The zero-order chi connectivity index (χ0) is 13.1. The number of rotatable bonds is 3. The van der Waals surface area contributed by atoms with E-state index >= 15 is 0 Å². The average molecular weight is 249 g/mol. The molecule has 18 heavy (non-hydrogen) atoms. The molecule has 0 amide bonds. The predicted molar refractivity (Wildman–Crippen MR) is 74.3 cm³/mol. The Balaban J connectivity index is 2.32. The lowest BCUT2D eigenvalue weighted by molar-refractivity contribution is 0.428. The highest BCUT2D eigenvalue weighted by Gasteiger charge is 2.20. The number of anilines is 2. The zero-order valence-electron chi connectivity index (χ0n) is 11.8. The van der Waals surface area contributed by atoms with E-state index in [2.05, 4.69) is 15.0 Å². The fraction of sp³-hybridized carbons (Fsp3) is 0.769. The maximum Gasteiger partial charge on any atom is 0.229 e. The van der Waals surface area contributed by atoms with Crippen molar-refractivity contribution in [1.29, 1.82) is 0 Å². The molecule has 0 aromatic carbocycles. The third-order valence-corrected chi connectivity index (χ3v) is 3.40. The van der Waals surface area contributed by atoms with Crippen LogP contribution in [0.1, 0.15) is 43.8 Å². The van der Waals surface area contributed by atoms with Crippen LogP contribution in [0.2, 0.25) is 0 Å². The first-order valence-corrected chi connectivity index (χ1v) is 6.68. The van der Waals surface area contributed by atoms with E-state index in [0.29, 0.717) is 5.92 Å². The smallest absolute Gasteiger partial charge is 0.229 e. The van der Waals surface area contributed by atoms with Crippen LogP contribution in [0.3, 0.4) is 0 Å². The Labute approximate surface area is 109 Å². The van der Waals surface area contributed by atoms with Crippen molar-refractivity contribution in [3.63, 3.8) is 0 Å².